The molecule has 1 aromatic rings. The van der Waals surface area contributed by atoms with Gasteiger partial charge in [-0.15, -0.1) is 0 Å². The Hall–Kier alpha value is -1.63. The Morgan fingerprint density at radius 3 is 2.59 bits per heavy atom. The van der Waals surface area contributed by atoms with Crippen molar-refractivity contribution >= 4 is 23.6 Å². The van der Waals surface area contributed by atoms with Gasteiger partial charge in [0.15, 0.2) is 0 Å². The van der Waals surface area contributed by atoms with Crippen LogP contribution in [0, 0.1) is 0 Å². The molecule has 1 heterocycles. The Bertz CT molecular complexity index is 537. The summed E-state index contributed by atoms with van der Waals surface area (Å²) < 4.78 is 24.5. The van der Waals surface area contributed by atoms with Crippen molar-refractivity contribution in [2.75, 3.05) is 13.1 Å². The van der Waals surface area contributed by atoms with Crippen molar-refractivity contribution in [1.29, 1.82) is 0 Å². The summed E-state index contributed by atoms with van der Waals surface area (Å²) in [7, 11) is 0. The molecule has 0 spiro atoms. The molecule has 1 aliphatic rings. The summed E-state index contributed by atoms with van der Waals surface area (Å²) in [5.41, 5.74) is 0.474. The lowest BCUT2D eigenvalue weighted by Gasteiger charge is -2.33. The summed E-state index contributed by atoms with van der Waals surface area (Å²) in [6.45, 7) is 2.58. The zero-order valence-electron chi connectivity index (χ0n) is 12.2. The van der Waals surface area contributed by atoms with Crippen LogP contribution in [-0.4, -0.2) is 41.6 Å². The van der Waals surface area contributed by atoms with E-state index in [1.54, 1.807) is 17.0 Å². The monoisotopic (exact) mass is 328 g/mol. The van der Waals surface area contributed by atoms with Gasteiger partial charge in [-0.25, -0.2) is 0 Å². The molecule has 2 amide bonds. The van der Waals surface area contributed by atoms with E-state index >= 15 is 0 Å². The summed E-state index contributed by atoms with van der Waals surface area (Å²) in [5.74, 6) is -2.71. The molecular weight excluding hydrogens is 310 g/mol. The van der Waals surface area contributed by atoms with Gasteiger partial charge in [-0.2, -0.15) is 8.78 Å². The van der Waals surface area contributed by atoms with Crippen LogP contribution in [0.1, 0.15) is 30.1 Å². The molecule has 1 aliphatic heterocycles. The number of benzene rings is 1. The summed E-state index contributed by atoms with van der Waals surface area (Å²) in [6, 6.07) is 6.16. The molecule has 0 saturated carbocycles. The zero-order valence-corrected chi connectivity index (χ0v) is 13.0. The Balaban J connectivity index is 1.99. The topological polar surface area (TPSA) is 49.4 Å². The van der Waals surface area contributed by atoms with E-state index in [2.05, 4.69) is 5.32 Å². The molecule has 1 N–H and O–H groups in total. The number of hydrogen-bond donors (Lipinski definition) is 1. The van der Waals surface area contributed by atoms with Crippen LogP contribution in [0.5, 0.6) is 0 Å². The number of halogens is 2. The third-order valence-electron chi connectivity index (χ3n) is 3.44. The first-order valence-electron chi connectivity index (χ1n) is 7.07. The minimum atomic E-state index is -2.47. The molecule has 1 atom stereocenters. The molecule has 1 saturated heterocycles. The average Bonchev–Trinajstić information content (AvgIpc) is 2.46. The summed E-state index contributed by atoms with van der Waals surface area (Å²) in [5, 5.41) is 2.83. The van der Waals surface area contributed by atoms with Gasteiger partial charge >= 0.3 is 0 Å². The molecule has 2 rings (SSSR count). The predicted molar refractivity (Wildman–Crippen MR) is 81.0 cm³/mol. The molecule has 1 fully saturated rings. The molecular formula is C15H18F2N2O2S. The van der Waals surface area contributed by atoms with E-state index in [0.717, 1.165) is 12.8 Å². The number of carbonyl (C=O) groups is 2. The van der Waals surface area contributed by atoms with Crippen LogP contribution in [0.2, 0.25) is 0 Å². The molecule has 0 aromatic heterocycles. The van der Waals surface area contributed by atoms with Crippen molar-refractivity contribution in [3.63, 3.8) is 0 Å². The number of hydrogen-bond acceptors (Lipinski definition) is 3. The molecule has 7 heteroatoms. The zero-order chi connectivity index (χ0) is 16.1. The number of carbonyl (C=O) groups excluding carboxylic acids is 2. The van der Waals surface area contributed by atoms with E-state index < -0.39 is 5.76 Å². The lowest BCUT2D eigenvalue weighted by Crippen LogP contribution is -2.49. The van der Waals surface area contributed by atoms with Crippen LogP contribution in [0.3, 0.4) is 0 Å². The summed E-state index contributed by atoms with van der Waals surface area (Å²) in [6.07, 6.45) is 1.68. The number of alkyl halides is 2. The van der Waals surface area contributed by atoms with Gasteiger partial charge < -0.3 is 10.2 Å². The smallest absolute Gasteiger partial charge is 0.288 e. The van der Waals surface area contributed by atoms with Crippen molar-refractivity contribution in [1.82, 2.24) is 10.2 Å². The van der Waals surface area contributed by atoms with E-state index in [1.165, 1.54) is 19.1 Å². The first-order valence-corrected chi connectivity index (χ1v) is 7.95. The quantitative estimate of drug-likeness (QED) is 0.865. The lowest BCUT2D eigenvalue weighted by atomic mass is 10.0. The number of nitrogens with one attached hydrogen (secondary N) is 1. The van der Waals surface area contributed by atoms with Gasteiger partial charge in [-0.1, -0.05) is 11.8 Å². The van der Waals surface area contributed by atoms with E-state index in [9.17, 15) is 18.4 Å². The number of rotatable bonds is 4. The number of likely N-dealkylation sites (tertiary alicyclic amines) is 1. The fraction of sp³-hybridized carbons (Fsp3) is 0.467. The summed E-state index contributed by atoms with van der Waals surface area (Å²) in [4.78, 5) is 25.7. The van der Waals surface area contributed by atoms with E-state index in [1.807, 2.05) is 0 Å². The van der Waals surface area contributed by atoms with Gasteiger partial charge in [0.2, 0.25) is 5.91 Å². The van der Waals surface area contributed by atoms with Crippen molar-refractivity contribution < 1.29 is 18.4 Å². The molecule has 0 aliphatic carbocycles. The van der Waals surface area contributed by atoms with Crippen LogP contribution >= 0.6 is 11.8 Å². The lowest BCUT2D eigenvalue weighted by molar-refractivity contribution is -0.120. The minimum Gasteiger partial charge on any atom is -0.352 e. The highest BCUT2D eigenvalue weighted by Gasteiger charge is 2.24. The molecule has 22 heavy (non-hydrogen) atoms. The average molecular weight is 328 g/mol. The molecule has 0 unspecified atom stereocenters. The second kappa shape index (κ2) is 7.58. The van der Waals surface area contributed by atoms with Crippen LogP contribution in [0.25, 0.3) is 0 Å². The van der Waals surface area contributed by atoms with Crippen LogP contribution in [0.4, 0.5) is 8.78 Å². The Kier molecular flexibility index (Phi) is 5.76. The van der Waals surface area contributed by atoms with Gasteiger partial charge in [0, 0.05) is 36.5 Å². The highest BCUT2D eigenvalue weighted by molar-refractivity contribution is 7.99. The Morgan fingerprint density at radius 1 is 1.32 bits per heavy atom. The van der Waals surface area contributed by atoms with Crippen molar-refractivity contribution in [2.24, 2.45) is 0 Å². The Labute approximate surface area is 132 Å². The minimum absolute atomic E-state index is 0.0242. The number of nitrogens with zero attached hydrogens (tertiary/aromatic N) is 1. The molecule has 0 bridgehead atoms. The normalized spacial score (nSPS) is 18.4. The fourth-order valence-electron chi connectivity index (χ4n) is 2.53. The number of thioether (sulfide) groups is 1. The van der Waals surface area contributed by atoms with Gasteiger partial charge in [0.25, 0.3) is 11.7 Å². The molecule has 0 radical (unpaired) electrons. The van der Waals surface area contributed by atoms with Crippen molar-refractivity contribution in [3.05, 3.63) is 29.8 Å². The number of piperidine rings is 1. The van der Waals surface area contributed by atoms with E-state index in [0.29, 0.717) is 35.3 Å². The second-order valence-corrected chi connectivity index (χ2v) is 6.26. The summed E-state index contributed by atoms with van der Waals surface area (Å²) >= 11 is 0.456. The third kappa shape index (κ3) is 4.69. The van der Waals surface area contributed by atoms with Crippen molar-refractivity contribution in [3.8, 4) is 0 Å². The Morgan fingerprint density at radius 2 is 2.00 bits per heavy atom. The molecule has 120 valence electrons. The largest absolute Gasteiger partial charge is 0.352 e. The van der Waals surface area contributed by atoms with Crippen LogP contribution in [0.15, 0.2) is 29.2 Å². The standard InChI is InChI=1S/C15H18F2N2O2S/c1-10(20)18-12-3-2-8-19(9-12)14(21)11-4-6-13(7-5-11)22-15(16)17/h4-7,12,15H,2-3,8-9H2,1H3,(H,18,20)/t12-/m1/s1. The maximum Gasteiger partial charge on any atom is 0.288 e. The first kappa shape index (κ1) is 16.7. The van der Waals surface area contributed by atoms with Gasteiger partial charge in [-0.3, -0.25) is 9.59 Å². The molecule has 1 aromatic carbocycles. The van der Waals surface area contributed by atoms with Gasteiger partial charge in [0.05, 0.1) is 0 Å². The first-order chi connectivity index (χ1) is 10.5. The van der Waals surface area contributed by atoms with Gasteiger partial charge in [0.1, 0.15) is 0 Å². The van der Waals surface area contributed by atoms with E-state index in [-0.39, 0.29) is 17.9 Å². The van der Waals surface area contributed by atoms with Crippen LogP contribution in [-0.2, 0) is 4.79 Å². The molecule has 4 nitrogen and oxygen atoms in total. The maximum atomic E-state index is 12.4. The van der Waals surface area contributed by atoms with Crippen molar-refractivity contribution in [2.45, 2.75) is 36.5 Å². The van der Waals surface area contributed by atoms with E-state index in [4.69, 9.17) is 0 Å². The number of amides is 2. The highest BCUT2D eigenvalue weighted by Crippen LogP contribution is 2.25. The third-order valence-corrected chi connectivity index (χ3v) is 4.16. The van der Waals surface area contributed by atoms with Crippen LogP contribution < -0.4 is 5.32 Å². The SMILES string of the molecule is CC(=O)N[C@@H]1CCCN(C(=O)c2ccc(SC(F)F)cc2)C1. The maximum absolute atomic E-state index is 12.4. The highest BCUT2D eigenvalue weighted by atomic mass is 32.2. The van der Waals surface area contributed by atoms with Gasteiger partial charge in [-0.05, 0) is 37.1 Å². The second-order valence-electron chi connectivity index (χ2n) is 5.19. The predicted octanol–water partition coefficient (Wildman–Crippen LogP) is 2.74. The fourth-order valence-corrected chi connectivity index (χ4v) is 3.03.